The lowest BCUT2D eigenvalue weighted by Crippen LogP contribution is -2.21. The summed E-state index contributed by atoms with van der Waals surface area (Å²) in [5.74, 6) is -0.612. The molecular weight excluding hydrogens is 192 g/mol. The number of rotatable bonds is 5. The molecule has 0 radical (unpaired) electrons. The molecule has 0 bridgehead atoms. The third-order valence-corrected chi connectivity index (χ3v) is 1.86. The minimum Gasteiger partial charge on any atom is -0.462 e. The Hall–Kier alpha value is -0.420. The first-order valence-corrected chi connectivity index (χ1v) is 5.46. The van der Waals surface area contributed by atoms with Crippen LogP contribution in [0.15, 0.2) is 0 Å². The molecule has 0 aliphatic rings. The van der Waals surface area contributed by atoms with E-state index in [-0.39, 0.29) is 6.10 Å². The van der Waals surface area contributed by atoms with Crippen molar-refractivity contribution in [1.29, 1.82) is 0 Å². The molecule has 78 valence electrons. The minimum absolute atomic E-state index is 0.184. The number of hydrogen-bond donors (Lipinski definition) is 1. The Balaban J connectivity index is 3.71. The number of hydrogen-bond acceptors (Lipinski definition) is 3. The summed E-state index contributed by atoms with van der Waals surface area (Å²) in [6, 6.07) is 0. The van der Waals surface area contributed by atoms with Crippen molar-refractivity contribution in [3.63, 3.8) is 0 Å². The van der Waals surface area contributed by atoms with Crippen LogP contribution >= 0.6 is 0 Å². The van der Waals surface area contributed by atoms with Gasteiger partial charge in [0.15, 0.2) is 11.1 Å². The zero-order chi connectivity index (χ0) is 10.4. The van der Waals surface area contributed by atoms with Crippen LogP contribution in [0.1, 0.15) is 27.2 Å². The Morgan fingerprint density at radius 2 is 2.00 bits per heavy atom. The normalized spacial score (nSPS) is 15.5. The predicted molar refractivity (Wildman–Crippen MR) is 50.6 cm³/mol. The van der Waals surface area contributed by atoms with Crippen LogP contribution in [-0.2, 0) is 20.6 Å². The second kappa shape index (κ2) is 6.10. The molecule has 0 rings (SSSR count). The Morgan fingerprint density at radius 1 is 1.46 bits per heavy atom. The van der Waals surface area contributed by atoms with Crippen molar-refractivity contribution in [1.82, 2.24) is 0 Å². The first-order valence-electron chi connectivity index (χ1n) is 4.18. The lowest BCUT2D eigenvalue weighted by molar-refractivity contribution is -0.145. The fourth-order valence-corrected chi connectivity index (χ4v) is 1.34. The Kier molecular flexibility index (Phi) is 5.90. The molecule has 2 unspecified atom stereocenters. The van der Waals surface area contributed by atoms with Gasteiger partial charge in [-0.05, 0) is 19.3 Å². The van der Waals surface area contributed by atoms with Gasteiger partial charge in [-0.25, -0.2) is 4.21 Å². The summed E-state index contributed by atoms with van der Waals surface area (Å²) in [5, 5.41) is 0. The smallest absolute Gasteiger partial charge is 0.321 e. The van der Waals surface area contributed by atoms with Gasteiger partial charge in [0.25, 0.3) is 0 Å². The molecule has 5 heteroatoms. The molecule has 2 atom stereocenters. The van der Waals surface area contributed by atoms with E-state index < -0.39 is 22.8 Å². The average molecular weight is 208 g/mol. The zero-order valence-electron chi connectivity index (χ0n) is 8.15. The number of esters is 1. The van der Waals surface area contributed by atoms with Crippen LogP contribution in [0.2, 0.25) is 0 Å². The summed E-state index contributed by atoms with van der Waals surface area (Å²) in [7, 11) is 0. The lowest BCUT2D eigenvalue weighted by Gasteiger charge is -2.14. The highest BCUT2D eigenvalue weighted by Gasteiger charge is 2.12. The van der Waals surface area contributed by atoms with Crippen molar-refractivity contribution >= 4 is 17.0 Å². The average Bonchev–Trinajstić information content (AvgIpc) is 1.80. The molecule has 0 heterocycles. The van der Waals surface area contributed by atoms with E-state index in [1.807, 2.05) is 13.8 Å². The number of carbonyl (C=O) groups excluding carboxylic acids is 1. The van der Waals surface area contributed by atoms with Crippen LogP contribution in [0, 0.1) is 5.92 Å². The third-order valence-electron chi connectivity index (χ3n) is 1.38. The van der Waals surface area contributed by atoms with Crippen molar-refractivity contribution in [3.05, 3.63) is 0 Å². The topological polar surface area (TPSA) is 63.6 Å². The second-order valence-corrected chi connectivity index (χ2v) is 4.33. The summed E-state index contributed by atoms with van der Waals surface area (Å²) >= 11 is -2.10. The number of carbonyl (C=O) groups is 1. The van der Waals surface area contributed by atoms with E-state index in [0.29, 0.717) is 5.92 Å². The highest BCUT2D eigenvalue weighted by molar-refractivity contribution is 7.80. The maximum atomic E-state index is 10.9. The molecule has 0 aromatic rings. The summed E-state index contributed by atoms with van der Waals surface area (Å²) in [6.07, 6.45) is 0.583. The van der Waals surface area contributed by atoms with Gasteiger partial charge in [0.2, 0.25) is 0 Å². The maximum Gasteiger partial charge on any atom is 0.321 e. The van der Waals surface area contributed by atoms with Crippen molar-refractivity contribution < 1.29 is 18.3 Å². The maximum absolute atomic E-state index is 10.9. The monoisotopic (exact) mass is 208 g/mol. The number of ether oxygens (including phenoxy) is 1. The third kappa shape index (κ3) is 7.93. The summed E-state index contributed by atoms with van der Waals surface area (Å²) in [6.45, 7) is 5.82. The first-order chi connectivity index (χ1) is 5.91. The molecule has 0 aliphatic heterocycles. The zero-order valence-corrected chi connectivity index (χ0v) is 8.97. The first kappa shape index (κ1) is 12.6. The molecular formula is C8H16O4S. The van der Waals surface area contributed by atoms with E-state index in [1.165, 1.54) is 0 Å². The molecule has 0 aliphatic carbocycles. The molecule has 0 amide bonds. The fraction of sp³-hybridized carbons (Fsp3) is 0.875. The molecule has 0 saturated heterocycles. The Bertz CT molecular complexity index is 191. The molecule has 0 aromatic heterocycles. The van der Waals surface area contributed by atoms with Crippen LogP contribution in [0.5, 0.6) is 0 Å². The van der Waals surface area contributed by atoms with Crippen molar-refractivity contribution in [2.75, 3.05) is 5.75 Å². The molecule has 1 N–H and O–H groups in total. The summed E-state index contributed by atoms with van der Waals surface area (Å²) in [5.41, 5.74) is 0. The van der Waals surface area contributed by atoms with E-state index in [4.69, 9.17) is 9.29 Å². The largest absolute Gasteiger partial charge is 0.462 e. The standard InChI is InChI=1S/C8H16O4S/c1-6(2)4-7(3)12-8(9)5-13(10)11/h6-7H,4-5H2,1-3H3,(H,10,11). The molecule has 0 aromatic carbocycles. The Morgan fingerprint density at radius 3 is 2.38 bits per heavy atom. The van der Waals surface area contributed by atoms with Gasteiger partial charge in [0, 0.05) is 0 Å². The minimum atomic E-state index is -2.10. The molecule has 0 saturated carbocycles. The highest BCUT2D eigenvalue weighted by Crippen LogP contribution is 2.07. The lowest BCUT2D eigenvalue weighted by atomic mass is 10.1. The van der Waals surface area contributed by atoms with E-state index >= 15 is 0 Å². The van der Waals surface area contributed by atoms with Crippen LogP contribution in [0.3, 0.4) is 0 Å². The van der Waals surface area contributed by atoms with E-state index in [9.17, 15) is 9.00 Å². The van der Waals surface area contributed by atoms with Crippen molar-refractivity contribution in [3.8, 4) is 0 Å². The van der Waals surface area contributed by atoms with Gasteiger partial charge in [-0.15, -0.1) is 0 Å². The fourth-order valence-electron chi connectivity index (χ4n) is 1.07. The van der Waals surface area contributed by atoms with Crippen molar-refractivity contribution in [2.24, 2.45) is 5.92 Å². The SMILES string of the molecule is CC(C)CC(C)OC(=O)CS(=O)O. The quantitative estimate of drug-likeness (QED) is 0.544. The van der Waals surface area contributed by atoms with Gasteiger partial charge < -0.3 is 9.29 Å². The molecule has 13 heavy (non-hydrogen) atoms. The predicted octanol–water partition coefficient (Wildman–Crippen LogP) is 1.19. The van der Waals surface area contributed by atoms with Gasteiger partial charge in [0.05, 0.1) is 6.10 Å². The van der Waals surface area contributed by atoms with Gasteiger partial charge >= 0.3 is 5.97 Å². The molecule has 0 spiro atoms. The van der Waals surface area contributed by atoms with E-state index in [1.54, 1.807) is 6.92 Å². The van der Waals surface area contributed by atoms with Crippen molar-refractivity contribution in [2.45, 2.75) is 33.3 Å². The highest BCUT2D eigenvalue weighted by atomic mass is 32.2. The van der Waals surface area contributed by atoms with Crippen LogP contribution < -0.4 is 0 Å². The Labute approximate surface area is 80.9 Å². The summed E-state index contributed by atoms with van der Waals surface area (Å²) < 4.78 is 23.5. The van der Waals surface area contributed by atoms with Gasteiger partial charge in [-0.3, -0.25) is 4.79 Å². The molecule has 0 fully saturated rings. The second-order valence-electron chi connectivity index (χ2n) is 3.40. The van der Waals surface area contributed by atoms with Gasteiger partial charge in [0.1, 0.15) is 5.75 Å². The van der Waals surface area contributed by atoms with Gasteiger partial charge in [-0.1, -0.05) is 13.8 Å². The van der Waals surface area contributed by atoms with Gasteiger partial charge in [-0.2, -0.15) is 0 Å². The van der Waals surface area contributed by atoms with E-state index in [0.717, 1.165) is 6.42 Å². The van der Waals surface area contributed by atoms with Crippen LogP contribution in [0.4, 0.5) is 0 Å². The summed E-state index contributed by atoms with van der Waals surface area (Å²) in [4.78, 5) is 10.9. The van der Waals surface area contributed by atoms with E-state index in [2.05, 4.69) is 0 Å². The van der Waals surface area contributed by atoms with Crippen LogP contribution in [-0.4, -0.2) is 26.6 Å². The van der Waals surface area contributed by atoms with Crippen LogP contribution in [0.25, 0.3) is 0 Å². The molecule has 4 nitrogen and oxygen atoms in total.